The Morgan fingerprint density at radius 3 is 2.63 bits per heavy atom. The van der Waals surface area contributed by atoms with Crippen molar-refractivity contribution in [2.24, 2.45) is 5.73 Å². The normalized spacial score (nSPS) is 15.9. The van der Waals surface area contributed by atoms with Crippen molar-refractivity contribution >= 4 is 22.9 Å². The van der Waals surface area contributed by atoms with Crippen LogP contribution in [0, 0.1) is 0 Å². The van der Waals surface area contributed by atoms with Gasteiger partial charge in [0.05, 0.1) is 19.3 Å². The molecule has 2 aromatic rings. The van der Waals surface area contributed by atoms with Gasteiger partial charge < -0.3 is 15.2 Å². The van der Waals surface area contributed by atoms with Crippen LogP contribution in [0.2, 0.25) is 5.02 Å². The molecule has 3 nitrogen and oxygen atoms in total. The first kappa shape index (κ1) is 12.8. The van der Waals surface area contributed by atoms with Gasteiger partial charge in [-0.1, -0.05) is 17.7 Å². The average Bonchev–Trinajstić information content (AvgIpc) is 2.84. The SMILES string of the molecule is NC(c1cccs1)c1cc2c(cc1Cl)OCCCO2. The summed E-state index contributed by atoms with van der Waals surface area (Å²) in [5.41, 5.74) is 7.13. The number of nitrogens with two attached hydrogens (primary N) is 1. The smallest absolute Gasteiger partial charge is 0.162 e. The summed E-state index contributed by atoms with van der Waals surface area (Å²) < 4.78 is 11.3. The van der Waals surface area contributed by atoms with Crippen LogP contribution in [0.1, 0.15) is 22.9 Å². The maximum Gasteiger partial charge on any atom is 0.162 e. The zero-order valence-electron chi connectivity index (χ0n) is 10.3. The van der Waals surface area contributed by atoms with Crippen molar-refractivity contribution in [3.63, 3.8) is 0 Å². The molecule has 1 aliphatic heterocycles. The summed E-state index contributed by atoms with van der Waals surface area (Å²) in [5.74, 6) is 1.42. The van der Waals surface area contributed by atoms with Crippen molar-refractivity contribution in [3.8, 4) is 11.5 Å². The zero-order valence-corrected chi connectivity index (χ0v) is 11.8. The van der Waals surface area contributed by atoms with Crippen LogP contribution in [0.3, 0.4) is 0 Å². The molecule has 2 heterocycles. The predicted molar refractivity (Wildman–Crippen MR) is 77.4 cm³/mol. The standard InChI is InChI=1S/C14H14ClNO2S/c15-10-8-12-11(17-4-2-5-18-12)7-9(10)14(16)13-3-1-6-19-13/h1,3,6-8,14H,2,4-5,16H2. The highest BCUT2D eigenvalue weighted by molar-refractivity contribution is 7.10. The monoisotopic (exact) mass is 295 g/mol. The van der Waals surface area contributed by atoms with E-state index in [2.05, 4.69) is 0 Å². The number of hydrogen-bond acceptors (Lipinski definition) is 4. The first-order chi connectivity index (χ1) is 9.25. The van der Waals surface area contributed by atoms with Crippen LogP contribution >= 0.6 is 22.9 Å². The van der Waals surface area contributed by atoms with E-state index in [-0.39, 0.29) is 6.04 Å². The second-order valence-corrected chi connectivity index (χ2v) is 5.75. The second kappa shape index (κ2) is 5.41. The fourth-order valence-electron chi connectivity index (χ4n) is 2.06. The molecule has 0 amide bonds. The van der Waals surface area contributed by atoms with Crippen LogP contribution < -0.4 is 15.2 Å². The lowest BCUT2D eigenvalue weighted by Crippen LogP contribution is -2.11. The molecule has 0 radical (unpaired) electrons. The van der Waals surface area contributed by atoms with Crippen molar-refractivity contribution in [3.05, 3.63) is 45.1 Å². The first-order valence-electron chi connectivity index (χ1n) is 6.14. The lowest BCUT2D eigenvalue weighted by Gasteiger charge is -2.15. The molecule has 1 unspecified atom stereocenters. The van der Waals surface area contributed by atoms with Gasteiger partial charge in [0.1, 0.15) is 0 Å². The second-order valence-electron chi connectivity index (χ2n) is 4.36. The van der Waals surface area contributed by atoms with Crippen LogP contribution in [0.25, 0.3) is 0 Å². The minimum absolute atomic E-state index is 0.232. The van der Waals surface area contributed by atoms with Crippen LogP contribution in [0.15, 0.2) is 29.6 Å². The third-order valence-electron chi connectivity index (χ3n) is 3.05. The highest BCUT2D eigenvalue weighted by Gasteiger charge is 2.19. The van der Waals surface area contributed by atoms with Gasteiger partial charge in [0.25, 0.3) is 0 Å². The number of thiophene rings is 1. The molecule has 100 valence electrons. The molecule has 1 aromatic heterocycles. The van der Waals surface area contributed by atoms with E-state index in [9.17, 15) is 0 Å². The van der Waals surface area contributed by atoms with Crippen LogP contribution in [0.5, 0.6) is 11.5 Å². The number of halogens is 1. The number of ether oxygens (including phenoxy) is 2. The third-order valence-corrected chi connectivity index (χ3v) is 4.33. The van der Waals surface area contributed by atoms with Gasteiger partial charge in [-0.05, 0) is 23.1 Å². The largest absolute Gasteiger partial charge is 0.490 e. The van der Waals surface area contributed by atoms with Crippen LogP contribution in [0.4, 0.5) is 0 Å². The maximum atomic E-state index is 6.32. The third kappa shape index (κ3) is 2.56. The molecule has 0 saturated heterocycles. The van der Waals surface area contributed by atoms with Gasteiger partial charge in [0.2, 0.25) is 0 Å². The van der Waals surface area contributed by atoms with E-state index in [1.54, 1.807) is 17.4 Å². The van der Waals surface area contributed by atoms with Crippen molar-refractivity contribution in [1.29, 1.82) is 0 Å². The van der Waals surface area contributed by atoms with Gasteiger partial charge in [0.15, 0.2) is 11.5 Å². The fraction of sp³-hybridized carbons (Fsp3) is 0.286. The quantitative estimate of drug-likeness (QED) is 0.920. The lowest BCUT2D eigenvalue weighted by atomic mass is 10.1. The lowest BCUT2D eigenvalue weighted by molar-refractivity contribution is 0.297. The highest BCUT2D eigenvalue weighted by Crippen LogP contribution is 2.38. The Kier molecular flexibility index (Phi) is 3.64. The summed E-state index contributed by atoms with van der Waals surface area (Å²) in [6.07, 6.45) is 0.874. The summed E-state index contributed by atoms with van der Waals surface area (Å²) in [5, 5.41) is 2.62. The van der Waals surface area contributed by atoms with Gasteiger partial charge in [-0.25, -0.2) is 0 Å². The molecule has 1 aromatic carbocycles. The molecule has 0 saturated carbocycles. The Balaban J connectivity index is 2.00. The van der Waals surface area contributed by atoms with Crippen molar-refractivity contribution < 1.29 is 9.47 Å². The van der Waals surface area contributed by atoms with E-state index in [0.29, 0.717) is 24.0 Å². The molecule has 0 aliphatic carbocycles. The average molecular weight is 296 g/mol. The summed E-state index contributed by atoms with van der Waals surface area (Å²) in [6.45, 7) is 1.31. The van der Waals surface area contributed by atoms with Gasteiger partial charge in [-0.2, -0.15) is 0 Å². The van der Waals surface area contributed by atoms with Gasteiger partial charge in [0, 0.05) is 22.4 Å². The summed E-state index contributed by atoms with van der Waals surface area (Å²) in [7, 11) is 0. The molecule has 0 spiro atoms. The Bertz CT molecular complexity index is 571. The van der Waals surface area contributed by atoms with Crippen LogP contribution in [-0.2, 0) is 0 Å². The molecule has 19 heavy (non-hydrogen) atoms. The Morgan fingerprint density at radius 2 is 1.95 bits per heavy atom. The molecule has 5 heteroatoms. The molecule has 2 N–H and O–H groups in total. The minimum atomic E-state index is -0.232. The van der Waals surface area contributed by atoms with E-state index in [4.69, 9.17) is 26.8 Å². The molecule has 3 rings (SSSR count). The Hall–Kier alpha value is -1.23. The summed E-state index contributed by atoms with van der Waals surface area (Å²) in [6, 6.07) is 7.45. The zero-order chi connectivity index (χ0) is 13.2. The van der Waals surface area contributed by atoms with E-state index in [0.717, 1.165) is 22.6 Å². The molecular formula is C14H14ClNO2S. The number of rotatable bonds is 2. The van der Waals surface area contributed by atoms with E-state index in [1.165, 1.54) is 0 Å². The van der Waals surface area contributed by atoms with Gasteiger partial charge >= 0.3 is 0 Å². The number of hydrogen-bond donors (Lipinski definition) is 1. The van der Waals surface area contributed by atoms with Gasteiger partial charge in [-0.3, -0.25) is 0 Å². The first-order valence-corrected chi connectivity index (χ1v) is 7.39. The molecule has 0 bridgehead atoms. The van der Waals surface area contributed by atoms with E-state index < -0.39 is 0 Å². The van der Waals surface area contributed by atoms with Crippen molar-refractivity contribution in [1.82, 2.24) is 0 Å². The summed E-state index contributed by atoms with van der Waals surface area (Å²) in [4.78, 5) is 1.08. The molecule has 1 aliphatic rings. The topological polar surface area (TPSA) is 44.5 Å². The fourth-order valence-corrected chi connectivity index (χ4v) is 3.08. The highest BCUT2D eigenvalue weighted by atomic mass is 35.5. The van der Waals surface area contributed by atoms with E-state index in [1.807, 2.05) is 23.6 Å². The number of fused-ring (bicyclic) bond motifs is 1. The number of benzene rings is 1. The minimum Gasteiger partial charge on any atom is -0.490 e. The van der Waals surface area contributed by atoms with Gasteiger partial charge in [-0.15, -0.1) is 11.3 Å². The van der Waals surface area contributed by atoms with Crippen molar-refractivity contribution in [2.45, 2.75) is 12.5 Å². The van der Waals surface area contributed by atoms with E-state index >= 15 is 0 Å². The maximum absolute atomic E-state index is 6.32. The Labute approximate surface area is 120 Å². The van der Waals surface area contributed by atoms with Crippen LogP contribution in [-0.4, -0.2) is 13.2 Å². The molecular weight excluding hydrogens is 282 g/mol. The summed E-state index contributed by atoms with van der Waals surface area (Å²) >= 11 is 7.94. The molecule has 0 fully saturated rings. The molecule has 1 atom stereocenters. The Morgan fingerprint density at radius 1 is 1.21 bits per heavy atom. The van der Waals surface area contributed by atoms with Crippen molar-refractivity contribution in [2.75, 3.05) is 13.2 Å². The predicted octanol–water partition coefficient (Wildman–Crippen LogP) is 3.61.